The molecule has 3 heterocycles. The van der Waals surface area contributed by atoms with Gasteiger partial charge in [0.05, 0.1) is 17.3 Å². The molecule has 0 atom stereocenters. The number of thiazole rings is 1. The van der Waals surface area contributed by atoms with E-state index in [0.717, 1.165) is 16.0 Å². The van der Waals surface area contributed by atoms with Crippen molar-refractivity contribution in [2.45, 2.75) is 23.8 Å². The molecule has 0 bridgehead atoms. The lowest BCUT2D eigenvalue weighted by Gasteiger charge is -2.30. The molecule has 0 aliphatic carbocycles. The van der Waals surface area contributed by atoms with Crippen molar-refractivity contribution in [3.05, 3.63) is 42.7 Å². The molecule has 0 unspecified atom stereocenters. The summed E-state index contributed by atoms with van der Waals surface area (Å²) in [5.41, 5.74) is 0.868. The number of sulfonamides is 1. The van der Waals surface area contributed by atoms with Gasteiger partial charge in [-0.3, -0.25) is 4.98 Å². The van der Waals surface area contributed by atoms with Crippen molar-refractivity contribution in [3.8, 4) is 10.9 Å². The Balaban J connectivity index is 1.41. The zero-order valence-corrected chi connectivity index (χ0v) is 16.4. The molecule has 27 heavy (non-hydrogen) atoms. The molecule has 0 amide bonds. The van der Waals surface area contributed by atoms with E-state index in [1.54, 1.807) is 25.4 Å². The fourth-order valence-corrected chi connectivity index (χ4v) is 5.39. The van der Waals surface area contributed by atoms with E-state index in [9.17, 15) is 8.42 Å². The Hall–Kier alpha value is -2.23. The minimum Gasteiger partial charge on any atom is -0.497 e. The minimum atomic E-state index is -3.50. The van der Waals surface area contributed by atoms with Crippen molar-refractivity contribution in [2.24, 2.45) is 0 Å². The first-order valence-electron chi connectivity index (χ1n) is 8.58. The summed E-state index contributed by atoms with van der Waals surface area (Å²) in [7, 11) is -1.87. The van der Waals surface area contributed by atoms with Crippen molar-refractivity contribution in [1.29, 1.82) is 0 Å². The molecule has 9 heteroatoms. The molecule has 1 aliphatic rings. The van der Waals surface area contributed by atoms with Gasteiger partial charge in [0.25, 0.3) is 5.19 Å². The molecule has 0 saturated carbocycles. The summed E-state index contributed by atoms with van der Waals surface area (Å²) in [6.07, 6.45) is 4.14. The summed E-state index contributed by atoms with van der Waals surface area (Å²) in [6.45, 7) is 0.835. The van der Waals surface area contributed by atoms with Crippen molar-refractivity contribution >= 4 is 31.6 Å². The number of hydrogen-bond donors (Lipinski definition) is 0. The van der Waals surface area contributed by atoms with Gasteiger partial charge in [0.15, 0.2) is 0 Å². The second kappa shape index (κ2) is 7.41. The maximum absolute atomic E-state index is 12.7. The van der Waals surface area contributed by atoms with Crippen molar-refractivity contribution in [3.63, 3.8) is 0 Å². The van der Waals surface area contributed by atoms with Crippen molar-refractivity contribution < 1.29 is 17.9 Å². The van der Waals surface area contributed by atoms with Gasteiger partial charge in [-0.05, 0) is 43.2 Å². The van der Waals surface area contributed by atoms with E-state index in [0.29, 0.717) is 31.1 Å². The predicted octanol–water partition coefficient (Wildman–Crippen LogP) is 2.93. The van der Waals surface area contributed by atoms with E-state index in [1.165, 1.54) is 21.8 Å². The number of rotatable bonds is 5. The third kappa shape index (κ3) is 3.76. The van der Waals surface area contributed by atoms with Crippen LogP contribution in [0.25, 0.3) is 10.2 Å². The zero-order chi connectivity index (χ0) is 18.9. The molecule has 1 aliphatic heterocycles. The first-order chi connectivity index (χ1) is 13.1. The molecule has 1 fully saturated rings. The van der Waals surface area contributed by atoms with E-state index in [2.05, 4.69) is 9.97 Å². The number of benzene rings is 1. The second-order valence-electron chi connectivity index (χ2n) is 6.22. The van der Waals surface area contributed by atoms with Crippen molar-refractivity contribution in [2.75, 3.05) is 20.2 Å². The number of hydrogen-bond acceptors (Lipinski definition) is 7. The van der Waals surface area contributed by atoms with Crippen LogP contribution in [0.1, 0.15) is 12.8 Å². The fraction of sp³-hybridized carbons (Fsp3) is 0.333. The Morgan fingerprint density at radius 2 is 2.04 bits per heavy atom. The highest BCUT2D eigenvalue weighted by atomic mass is 32.2. The SMILES string of the molecule is COc1ccc2nc(OC3CCN(S(=O)(=O)c4cccnc4)CC3)sc2c1. The normalized spacial score (nSPS) is 16.5. The van der Waals surface area contributed by atoms with E-state index in [1.807, 2.05) is 18.2 Å². The van der Waals surface area contributed by atoms with Gasteiger partial charge in [0.2, 0.25) is 10.0 Å². The average Bonchev–Trinajstić information content (AvgIpc) is 3.10. The van der Waals surface area contributed by atoms with Gasteiger partial charge in [-0.2, -0.15) is 4.31 Å². The van der Waals surface area contributed by atoms with Gasteiger partial charge >= 0.3 is 0 Å². The van der Waals surface area contributed by atoms with Crippen LogP contribution in [-0.2, 0) is 10.0 Å². The highest BCUT2D eigenvalue weighted by Gasteiger charge is 2.30. The van der Waals surface area contributed by atoms with Crippen LogP contribution in [0, 0.1) is 0 Å². The topological polar surface area (TPSA) is 81.6 Å². The first kappa shape index (κ1) is 18.1. The first-order valence-corrected chi connectivity index (χ1v) is 10.8. The molecule has 7 nitrogen and oxygen atoms in total. The lowest BCUT2D eigenvalue weighted by molar-refractivity contribution is 0.135. The largest absolute Gasteiger partial charge is 0.497 e. The van der Waals surface area contributed by atoms with E-state index < -0.39 is 10.0 Å². The quantitative estimate of drug-likeness (QED) is 0.649. The maximum atomic E-state index is 12.7. The molecule has 1 aromatic carbocycles. The molecule has 4 rings (SSSR count). The van der Waals surface area contributed by atoms with E-state index >= 15 is 0 Å². The van der Waals surface area contributed by atoms with Gasteiger partial charge in [-0.15, -0.1) is 0 Å². The lowest BCUT2D eigenvalue weighted by Crippen LogP contribution is -2.41. The van der Waals surface area contributed by atoms with E-state index in [-0.39, 0.29) is 11.0 Å². The number of fused-ring (bicyclic) bond motifs is 1. The Morgan fingerprint density at radius 3 is 2.74 bits per heavy atom. The van der Waals surface area contributed by atoms with E-state index in [4.69, 9.17) is 9.47 Å². The number of ether oxygens (including phenoxy) is 2. The third-order valence-electron chi connectivity index (χ3n) is 4.52. The van der Waals surface area contributed by atoms with Crippen LogP contribution in [0.5, 0.6) is 10.9 Å². The van der Waals surface area contributed by atoms with Crippen LogP contribution in [-0.4, -0.2) is 49.0 Å². The second-order valence-corrected chi connectivity index (χ2v) is 9.15. The van der Waals surface area contributed by atoms with Gasteiger partial charge in [-0.25, -0.2) is 13.4 Å². The molecule has 0 N–H and O–H groups in total. The zero-order valence-electron chi connectivity index (χ0n) is 14.7. The van der Waals surface area contributed by atoms with Crippen LogP contribution in [0.2, 0.25) is 0 Å². The Bertz CT molecular complexity index is 1030. The molecule has 0 radical (unpaired) electrons. The Labute approximate surface area is 161 Å². The number of nitrogens with zero attached hydrogens (tertiary/aromatic N) is 3. The highest BCUT2D eigenvalue weighted by Crippen LogP contribution is 2.32. The smallest absolute Gasteiger partial charge is 0.274 e. The summed E-state index contributed by atoms with van der Waals surface area (Å²) < 4.78 is 39.0. The summed E-state index contributed by atoms with van der Waals surface area (Å²) >= 11 is 1.47. The Morgan fingerprint density at radius 1 is 1.22 bits per heavy atom. The standard InChI is InChI=1S/C18H19N3O4S2/c1-24-14-4-5-16-17(11-14)26-18(20-16)25-13-6-9-21(10-7-13)27(22,23)15-3-2-8-19-12-15/h2-5,8,11-13H,6-7,9-10H2,1H3. The average molecular weight is 406 g/mol. The van der Waals surface area contributed by atoms with Gasteiger partial charge in [0, 0.05) is 25.5 Å². The number of pyridine rings is 1. The van der Waals surface area contributed by atoms with Crippen LogP contribution in [0.15, 0.2) is 47.6 Å². The molecule has 3 aromatic rings. The molecule has 142 valence electrons. The fourth-order valence-electron chi connectivity index (χ4n) is 3.04. The molecular weight excluding hydrogens is 386 g/mol. The van der Waals surface area contributed by atoms with Crippen LogP contribution >= 0.6 is 11.3 Å². The molecular formula is C18H19N3O4S2. The Kier molecular flexibility index (Phi) is 4.98. The van der Waals surface area contributed by atoms with Gasteiger partial charge in [-0.1, -0.05) is 11.3 Å². The van der Waals surface area contributed by atoms with Crippen molar-refractivity contribution in [1.82, 2.24) is 14.3 Å². The number of piperidine rings is 1. The maximum Gasteiger partial charge on any atom is 0.274 e. The third-order valence-corrected chi connectivity index (χ3v) is 7.31. The predicted molar refractivity (Wildman–Crippen MR) is 103 cm³/mol. The lowest BCUT2D eigenvalue weighted by atomic mass is 10.1. The molecule has 0 spiro atoms. The van der Waals surface area contributed by atoms with Crippen LogP contribution in [0.4, 0.5) is 0 Å². The van der Waals surface area contributed by atoms with Gasteiger partial charge in [0.1, 0.15) is 16.7 Å². The monoisotopic (exact) mass is 405 g/mol. The number of methoxy groups -OCH3 is 1. The summed E-state index contributed by atoms with van der Waals surface area (Å²) in [6, 6.07) is 8.91. The van der Waals surface area contributed by atoms with Gasteiger partial charge < -0.3 is 9.47 Å². The summed E-state index contributed by atoms with van der Waals surface area (Å²) in [5.74, 6) is 0.784. The molecule has 2 aromatic heterocycles. The summed E-state index contributed by atoms with van der Waals surface area (Å²) in [5, 5.41) is 0.604. The number of aromatic nitrogens is 2. The van der Waals surface area contributed by atoms with Crippen LogP contribution in [0.3, 0.4) is 0 Å². The molecule has 1 saturated heterocycles. The minimum absolute atomic E-state index is 0.0483. The van der Waals surface area contributed by atoms with Crippen LogP contribution < -0.4 is 9.47 Å². The summed E-state index contributed by atoms with van der Waals surface area (Å²) in [4.78, 5) is 8.63. The highest BCUT2D eigenvalue weighted by molar-refractivity contribution is 7.89.